The molecule has 2 rings (SSSR count). The highest BCUT2D eigenvalue weighted by Gasteiger charge is 2.10. The minimum absolute atomic E-state index is 0.442. The quantitative estimate of drug-likeness (QED) is 0.884. The first-order valence-electron chi connectivity index (χ1n) is 4.87. The zero-order chi connectivity index (χ0) is 12.4. The minimum Gasteiger partial charge on any atom is -0.378 e. The van der Waals surface area contributed by atoms with Crippen LogP contribution in [-0.4, -0.2) is 26.6 Å². The Kier molecular flexibility index (Phi) is 3.70. The number of hydrogen-bond acceptors (Lipinski definition) is 4. The van der Waals surface area contributed by atoms with Crippen molar-refractivity contribution in [1.29, 1.82) is 0 Å². The molecule has 17 heavy (non-hydrogen) atoms. The molecule has 0 bridgehead atoms. The molecule has 2 aromatic heterocycles. The van der Waals surface area contributed by atoms with Crippen LogP contribution in [0.5, 0.6) is 0 Å². The summed E-state index contributed by atoms with van der Waals surface area (Å²) < 4.78 is 8.25. The van der Waals surface area contributed by atoms with Gasteiger partial charge in [-0.1, -0.05) is 12.2 Å². The molecule has 0 aliphatic heterocycles. The van der Waals surface area contributed by atoms with Crippen LogP contribution in [0, 0.1) is 4.64 Å². The monoisotopic (exact) mass is 314 g/mol. The summed E-state index contributed by atoms with van der Waals surface area (Å²) in [7, 11) is 3.53. The Morgan fingerprint density at radius 3 is 2.94 bits per heavy atom. The van der Waals surface area contributed by atoms with Gasteiger partial charge in [0.1, 0.15) is 10.3 Å². The van der Waals surface area contributed by atoms with Gasteiger partial charge in [0.05, 0.1) is 29.3 Å². The molecule has 0 aliphatic carbocycles. The number of aryl methyl sites for hydroxylation is 1. The number of hydrogen-bond donors (Lipinski definition) is 1. The zero-order valence-corrected chi connectivity index (χ0v) is 11.8. The highest BCUT2D eigenvalue weighted by atomic mass is 79.9. The molecule has 0 amide bonds. The standard InChI is InChI=1S/C10H11BrN4OS/c1-15-5-12-3-7(15)9-13-6(4-16-2)8(11)10(17)14-9/h3,5H,4H2,1-2H3,(H,13,14,17). The van der Waals surface area contributed by atoms with E-state index in [4.69, 9.17) is 17.0 Å². The second kappa shape index (κ2) is 5.07. The van der Waals surface area contributed by atoms with Gasteiger partial charge in [0.25, 0.3) is 0 Å². The van der Waals surface area contributed by atoms with Crippen LogP contribution in [0.3, 0.4) is 0 Å². The molecule has 0 radical (unpaired) electrons. The Hall–Kier alpha value is -1.05. The van der Waals surface area contributed by atoms with E-state index >= 15 is 0 Å². The summed E-state index contributed by atoms with van der Waals surface area (Å²) in [4.78, 5) is 11.6. The van der Waals surface area contributed by atoms with Crippen molar-refractivity contribution in [3.05, 3.63) is 27.3 Å². The molecule has 0 atom stereocenters. The van der Waals surface area contributed by atoms with Crippen LogP contribution >= 0.6 is 28.1 Å². The van der Waals surface area contributed by atoms with Crippen LogP contribution < -0.4 is 0 Å². The Morgan fingerprint density at radius 2 is 2.35 bits per heavy atom. The number of aromatic amines is 1. The van der Waals surface area contributed by atoms with Crippen molar-refractivity contribution >= 4 is 28.1 Å². The first kappa shape index (κ1) is 12.4. The second-order valence-electron chi connectivity index (χ2n) is 3.51. The van der Waals surface area contributed by atoms with Crippen molar-refractivity contribution in [2.75, 3.05) is 7.11 Å². The zero-order valence-electron chi connectivity index (χ0n) is 9.40. The van der Waals surface area contributed by atoms with E-state index in [1.165, 1.54) is 0 Å². The third-order valence-electron chi connectivity index (χ3n) is 2.28. The van der Waals surface area contributed by atoms with E-state index < -0.39 is 0 Å². The predicted molar refractivity (Wildman–Crippen MR) is 70.0 cm³/mol. The van der Waals surface area contributed by atoms with E-state index in [0.29, 0.717) is 17.1 Å². The van der Waals surface area contributed by atoms with Crippen LogP contribution in [0.4, 0.5) is 0 Å². The van der Waals surface area contributed by atoms with Crippen molar-refractivity contribution in [2.24, 2.45) is 7.05 Å². The normalized spacial score (nSPS) is 10.8. The predicted octanol–water partition coefficient (Wildman–Crippen LogP) is 2.45. The van der Waals surface area contributed by atoms with Crippen LogP contribution in [0.1, 0.15) is 5.69 Å². The number of halogens is 1. The molecular formula is C10H11BrN4OS. The van der Waals surface area contributed by atoms with Gasteiger partial charge in [-0.15, -0.1) is 0 Å². The maximum Gasteiger partial charge on any atom is 0.157 e. The average molecular weight is 315 g/mol. The molecule has 0 unspecified atom stereocenters. The van der Waals surface area contributed by atoms with Gasteiger partial charge in [0, 0.05) is 14.2 Å². The summed E-state index contributed by atoms with van der Waals surface area (Å²) in [5.74, 6) is 0.685. The van der Waals surface area contributed by atoms with Gasteiger partial charge in [-0.3, -0.25) is 0 Å². The molecule has 0 spiro atoms. The fourth-order valence-electron chi connectivity index (χ4n) is 1.46. The SMILES string of the molecule is COCc1[nH]c(-c2cncn2C)nc(=S)c1Br. The minimum atomic E-state index is 0.442. The maximum absolute atomic E-state index is 5.20. The van der Waals surface area contributed by atoms with Gasteiger partial charge in [-0.25, -0.2) is 9.97 Å². The molecule has 7 heteroatoms. The molecule has 90 valence electrons. The van der Waals surface area contributed by atoms with E-state index in [2.05, 4.69) is 30.9 Å². The Labute approximate surface area is 112 Å². The largest absolute Gasteiger partial charge is 0.378 e. The number of nitrogens with one attached hydrogen (secondary N) is 1. The number of rotatable bonds is 3. The van der Waals surface area contributed by atoms with Crippen LogP contribution in [0.2, 0.25) is 0 Å². The van der Waals surface area contributed by atoms with Gasteiger partial charge < -0.3 is 14.3 Å². The smallest absolute Gasteiger partial charge is 0.157 e. The molecule has 0 aliphatic rings. The van der Waals surface area contributed by atoms with E-state index in [0.717, 1.165) is 15.9 Å². The van der Waals surface area contributed by atoms with Gasteiger partial charge in [-0.2, -0.15) is 0 Å². The van der Waals surface area contributed by atoms with Crippen molar-refractivity contribution in [3.8, 4) is 11.5 Å². The lowest BCUT2D eigenvalue weighted by atomic mass is 10.3. The summed E-state index contributed by atoms with van der Waals surface area (Å²) in [5.41, 5.74) is 1.74. The third-order valence-corrected chi connectivity index (χ3v) is 3.70. The third kappa shape index (κ3) is 2.46. The summed E-state index contributed by atoms with van der Waals surface area (Å²) in [6.07, 6.45) is 3.45. The fraction of sp³-hybridized carbons (Fsp3) is 0.300. The number of H-pyrrole nitrogens is 1. The van der Waals surface area contributed by atoms with E-state index in [9.17, 15) is 0 Å². The molecule has 0 aromatic carbocycles. The Bertz CT molecular complexity index is 592. The first-order chi connectivity index (χ1) is 8.13. The Morgan fingerprint density at radius 1 is 1.59 bits per heavy atom. The van der Waals surface area contributed by atoms with Gasteiger partial charge >= 0.3 is 0 Å². The lowest BCUT2D eigenvalue weighted by Crippen LogP contribution is -2.02. The van der Waals surface area contributed by atoms with Gasteiger partial charge in [-0.05, 0) is 15.9 Å². The highest BCUT2D eigenvalue weighted by molar-refractivity contribution is 9.10. The van der Waals surface area contributed by atoms with E-state index in [1.54, 1.807) is 19.6 Å². The van der Waals surface area contributed by atoms with Crippen molar-refractivity contribution in [3.63, 3.8) is 0 Å². The number of imidazole rings is 1. The van der Waals surface area contributed by atoms with Gasteiger partial charge in [0.15, 0.2) is 5.82 Å². The van der Waals surface area contributed by atoms with Crippen LogP contribution in [0.15, 0.2) is 17.0 Å². The topological polar surface area (TPSA) is 55.7 Å². The van der Waals surface area contributed by atoms with E-state index in [-0.39, 0.29) is 0 Å². The number of ether oxygens (including phenoxy) is 1. The molecule has 0 saturated heterocycles. The molecule has 0 saturated carbocycles. The second-order valence-corrected chi connectivity index (χ2v) is 4.69. The summed E-state index contributed by atoms with van der Waals surface area (Å²) in [6.45, 7) is 0.442. The summed E-state index contributed by atoms with van der Waals surface area (Å²) in [6, 6.07) is 0. The molecule has 0 fully saturated rings. The summed E-state index contributed by atoms with van der Waals surface area (Å²) in [5, 5.41) is 0. The molecule has 2 aromatic rings. The molecule has 1 N–H and O–H groups in total. The molecule has 5 nitrogen and oxygen atoms in total. The van der Waals surface area contributed by atoms with E-state index in [1.807, 2.05) is 11.6 Å². The number of aromatic nitrogens is 4. The van der Waals surface area contributed by atoms with Gasteiger partial charge in [0.2, 0.25) is 0 Å². The van der Waals surface area contributed by atoms with Crippen molar-refractivity contribution in [1.82, 2.24) is 19.5 Å². The lowest BCUT2D eigenvalue weighted by molar-refractivity contribution is 0.181. The number of methoxy groups -OCH3 is 1. The van der Waals surface area contributed by atoms with Crippen LogP contribution in [0.25, 0.3) is 11.5 Å². The fourth-order valence-corrected chi connectivity index (χ4v) is 1.97. The highest BCUT2D eigenvalue weighted by Crippen LogP contribution is 2.21. The van der Waals surface area contributed by atoms with Crippen molar-refractivity contribution < 1.29 is 4.74 Å². The Balaban J connectivity index is 2.57. The number of nitrogens with zero attached hydrogens (tertiary/aromatic N) is 3. The summed E-state index contributed by atoms with van der Waals surface area (Å²) >= 11 is 8.59. The maximum atomic E-state index is 5.20. The average Bonchev–Trinajstić information content (AvgIpc) is 2.71. The lowest BCUT2D eigenvalue weighted by Gasteiger charge is -2.07. The van der Waals surface area contributed by atoms with Crippen molar-refractivity contribution in [2.45, 2.75) is 6.61 Å². The molecular weight excluding hydrogens is 304 g/mol. The molecule has 2 heterocycles. The first-order valence-corrected chi connectivity index (χ1v) is 6.08. The van der Waals surface area contributed by atoms with Crippen LogP contribution in [-0.2, 0) is 18.4 Å².